The van der Waals surface area contributed by atoms with Crippen LogP contribution in [-0.2, 0) is 4.74 Å². The monoisotopic (exact) mass is 458 g/mol. The van der Waals surface area contributed by atoms with Crippen LogP contribution in [0.1, 0.15) is 17.9 Å². The second-order valence-electron chi connectivity index (χ2n) is 6.53. The van der Waals surface area contributed by atoms with Gasteiger partial charge in [-0.15, -0.1) is 0 Å². The van der Waals surface area contributed by atoms with Crippen LogP contribution in [0.2, 0.25) is 0 Å². The quantitative estimate of drug-likeness (QED) is 0.353. The lowest BCUT2D eigenvalue weighted by atomic mass is 9.91. The zero-order valence-corrected chi connectivity index (χ0v) is 18.0. The van der Waals surface area contributed by atoms with Crippen LogP contribution in [0.15, 0.2) is 54.7 Å². The number of aromatic nitrogens is 1. The summed E-state index contributed by atoms with van der Waals surface area (Å²) < 4.78 is 4.17. The first kappa shape index (κ1) is 21.6. The lowest BCUT2D eigenvalue weighted by molar-refractivity contribution is 0.0505. The highest BCUT2D eigenvalue weighted by molar-refractivity contribution is 7.80. The summed E-state index contributed by atoms with van der Waals surface area (Å²) in [7, 11) is 0. The Morgan fingerprint density at radius 3 is 2.54 bits per heavy atom. The molecular formula is C19H21Cl3N4OS. The molecule has 1 aromatic heterocycles. The van der Waals surface area contributed by atoms with Crippen molar-refractivity contribution in [3.8, 4) is 0 Å². The number of nitrogens with one attached hydrogen (secondary N) is 3. The van der Waals surface area contributed by atoms with E-state index in [1.165, 1.54) is 5.56 Å². The summed E-state index contributed by atoms with van der Waals surface area (Å²) >= 11 is 23.9. The SMILES string of the molecule is S=C(Nc1ccccn1)NC(NC1COCC(c2ccccc2)C1)C(Cl)(Cl)Cl. The predicted molar refractivity (Wildman–Crippen MR) is 119 cm³/mol. The molecule has 0 saturated carbocycles. The van der Waals surface area contributed by atoms with Gasteiger partial charge < -0.3 is 15.4 Å². The molecular weight excluding hydrogens is 439 g/mol. The fraction of sp³-hybridized carbons (Fsp3) is 0.368. The van der Waals surface area contributed by atoms with E-state index in [-0.39, 0.29) is 12.0 Å². The first-order chi connectivity index (χ1) is 13.4. The van der Waals surface area contributed by atoms with Gasteiger partial charge in [-0.1, -0.05) is 71.2 Å². The summed E-state index contributed by atoms with van der Waals surface area (Å²) in [6, 6.07) is 15.7. The highest BCUT2D eigenvalue weighted by atomic mass is 35.6. The maximum atomic E-state index is 6.18. The number of rotatable bonds is 5. The highest BCUT2D eigenvalue weighted by Crippen LogP contribution is 2.31. The van der Waals surface area contributed by atoms with Crippen molar-refractivity contribution in [1.29, 1.82) is 0 Å². The van der Waals surface area contributed by atoms with Crippen molar-refractivity contribution < 1.29 is 4.74 Å². The van der Waals surface area contributed by atoms with Crippen LogP contribution in [0, 0.1) is 0 Å². The van der Waals surface area contributed by atoms with Gasteiger partial charge in [0.2, 0.25) is 3.79 Å². The molecule has 3 N–H and O–H groups in total. The number of halogens is 3. The number of hydrogen-bond acceptors (Lipinski definition) is 4. The van der Waals surface area contributed by atoms with Gasteiger partial charge in [-0.3, -0.25) is 5.32 Å². The molecule has 0 amide bonds. The first-order valence-electron chi connectivity index (χ1n) is 8.86. The topological polar surface area (TPSA) is 58.2 Å². The average molecular weight is 460 g/mol. The lowest BCUT2D eigenvalue weighted by Crippen LogP contribution is -2.59. The molecule has 0 aliphatic carbocycles. The zero-order valence-electron chi connectivity index (χ0n) is 14.9. The molecule has 1 saturated heterocycles. The number of thiocarbonyl (C=S) groups is 1. The summed E-state index contributed by atoms with van der Waals surface area (Å²) in [5.74, 6) is 0.885. The number of pyridine rings is 1. The molecule has 0 bridgehead atoms. The van der Waals surface area contributed by atoms with Gasteiger partial charge in [0.1, 0.15) is 12.0 Å². The molecule has 9 heteroatoms. The van der Waals surface area contributed by atoms with E-state index in [1.54, 1.807) is 12.3 Å². The molecule has 28 heavy (non-hydrogen) atoms. The van der Waals surface area contributed by atoms with E-state index in [9.17, 15) is 0 Å². The number of alkyl halides is 3. The van der Waals surface area contributed by atoms with Gasteiger partial charge in [-0.25, -0.2) is 4.98 Å². The summed E-state index contributed by atoms with van der Waals surface area (Å²) in [5.41, 5.74) is 1.24. The van der Waals surface area contributed by atoms with E-state index in [1.807, 2.05) is 30.3 Å². The number of benzene rings is 1. The van der Waals surface area contributed by atoms with E-state index >= 15 is 0 Å². The Hall–Kier alpha value is -1.15. The normalized spacial score (nSPS) is 21.0. The molecule has 3 unspecified atom stereocenters. The molecule has 1 fully saturated rings. The lowest BCUT2D eigenvalue weighted by Gasteiger charge is -2.36. The van der Waals surface area contributed by atoms with Crippen LogP contribution in [0.3, 0.4) is 0 Å². The maximum Gasteiger partial charge on any atom is 0.223 e. The third-order valence-electron chi connectivity index (χ3n) is 4.39. The van der Waals surface area contributed by atoms with Gasteiger partial charge in [0.25, 0.3) is 0 Å². The maximum absolute atomic E-state index is 6.18. The molecule has 3 atom stereocenters. The average Bonchev–Trinajstić information content (AvgIpc) is 2.68. The minimum atomic E-state index is -1.62. The third kappa shape index (κ3) is 6.44. The molecule has 0 spiro atoms. The number of ether oxygens (including phenoxy) is 1. The molecule has 5 nitrogen and oxygen atoms in total. The second-order valence-corrected chi connectivity index (χ2v) is 9.31. The van der Waals surface area contributed by atoms with E-state index in [2.05, 4.69) is 33.1 Å². The summed E-state index contributed by atoms with van der Waals surface area (Å²) in [4.78, 5) is 4.17. The van der Waals surface area contributed by atoms with Crippen molar-refractivity contribution in [3.63, 3.8) is 0 Å². The van der Waals surface area contributed by atoms with Gasteiger partial charge in [-0.05, 0) is 36.3 Å². The fourth-order valence-corrected chi connectivity index (χ4v) is 3.65. The number of hydrogen-bond donors (Lipinski definition) is 3. The first-order valence-corrected chi connectivity index (χ1v) is 10.4. The van der Waals surface area contributed by atoms with Crippen LogP contribution in [0.5, 0.6) is 0 Å². The Balaban J connectivity index is 1.61. The minimum Gasteiger partial charge on any atom is -0.379 e. The predicted octanol–water partition coefficient (Wildman–Crippen LogP) is 4.23. The Labute approximate surface area is 185 Å². The summed E-state index contributed by atoms with van der Waals surface area (Å²) in [6.07, 6.45) is 1.83. The van der Waals surface area contributed by atoms with Crippen LogP contribution in [0.4, 0.5) is 5.82 Å². The Kier molecular flexibility index (Phi) is 7.74. The summed E-state index contributed by atoms with van der Waals surface area (Å²) in [5, 5.41) is 9.64. The molecule has 1 aromatic carbocycles. The van der Waals surface area contributed by atoms with Crippen LogP contribution >= 0.6 is 47.0 Å². The smallest absolute Gasteiger partial charge is 0.223 e. The largest absolute Gasteiger partial charge is 0.379 e. The summed E-state index contributed by atoms with van der Waals surface area (Å²) in [6.45, 7) is 1.20. The molecule has 3 rings (SSSR count). The van der Waals surface area contributed by atoms with Gasteiger partial charge >= 0.3 is 0 Å². The van der Waals surface area contributed by atoms with Gasteiger partial charge in [0, 0.05) is 18.2 Å². The third-order valence-corrected chi connectivity index (χ3v) is 5.26. The molecule has 2 aromatic rings. The zero-order chi connectivity index (χ0) is 20.0. The standard InChI is InChI=1S/C19H21Cl3N4OS/c20-19(21,22)17(26-18(28)25-16-8-4-5-9-23-16)24-15-10-14(11-27-12-15)13-6-2-1-3-7-13/h1-9,14-15,17,24H,10-12H2,(H2,23,25,26,28). The van der Waals surface area contributed by atoms with Gasteiger partial charge in [0.15, 0.2) is 5.11 Å². The van der Waals surface area contributed by atoms with Crippen molar-refractivity contribution >= 4 is 58.0 Å². The Morgan fingerprint density at radius 1 is 1.11 bits per heavy atom. The second kappa shape index (κ2) is 10.1. The molecule has 150 valence electrons. The van der Waals surface area contributed by atoms with E-state index in [4.69, 9.17) is 51.8 Å². The minimum absolute atomic E-state index is 0.00438. The van der Waals surface area contributed by atoms with Gasteiger partial charge in [0.05, 0.1) is 13.2 Å². The van der Waals surface area contributed by atoms with Crippen LogP contribution < -0.4 is 16.0 Å². The highest BCUT2D eigenvalue weighted by Gasteiger charge is 2.36. The fourth-order valence-electron chi connectivity index (χ4n) is 3.08. The van der Waals surface area contributed by atoms with Crippen molar-refractivity contribution in [2.24, 2.45) is 0 Å². The van der Waals surface area contributed by atoms with Crippen molar-refractivity contribution in [3.05, 3.63) is 60.3 Å². The molecule has 1 aliphatic rings. The van der Waals surface area contributed by atoms with Crippen molar-refractivity contribution in [2.45, 2.75) is 28.3 Å². The van der Waals surface area contributed by atoms with E-state index in [0.29, 0.717) is 24.1 Å². The molecule has 1 aliphatic heterocycles. The van der Waals surface area contributed by atoms with E-state index < -0.39 is 9.96 Å². The Bertz CT molecular complexity index is 761. The number of anilines is 1. The van der Waals surface area contributed by atoms with Crippen molar-refractivity contribution in [1.82, 2.24) is 15.6 Å². The van der Waals surface area contributed by atoms with Gasteiger partial charge in [-0.2, -0.15) is 0 Å². The van der Waals surface area contributed by atoms with Crippen LogP contribution in [0.25, 0.3) is 0 Å². The van der Waals surface area contributed by atoms with E-state index in [0.717, 1.165) is 6.42 Å². The van der Waals surface area contributed by atoms with Crippen LogP contribution in [-0.4, -0.2) is 39.3 Å². The van der Waals surface area contributed by atoms with Crippen molar-refractivity contribution in [2.75, 3.05) is 18.5 Å². The molecule has 0 radical (unpaired) electrons. The Morgan fingerprint density at radius 2 is 1.86 bits per heavy atom. The number of nitrogens with zero attached hydrogens (tertiary/aromatic N) is 1. The molecule has 2 heterocycles.